The summed E-state index contributed by atoms with van der Waals surface area (Å²) in [4.78, 5) is 12.9. The van der Waals surface area contributed by atoms with Crippen LogP contribution in [0.5, 0.6) is 12.0 Å². The molecule has 0 fully saturated rings. The average molecular weight is 389 g/mol. The second kappa shape index (κ2) is 9.57. The van der Waals surface area contributed by atoms with Crippen LogP contribution in [0.15, 0.2) is 30.3 Å². The van der Waals surface area contributed by atoms with Gasteiger partial charge in [-0.15, -0.1) is 25.2 Å². The zero-order valence-corrected chi connectivity index (χ0v) is 15.7. The van der Waals surface area contributed by atoms with Crippen molar-refractivity contribution in [2.75, 3.05) is 27.3 Å². The van der Waals surface area contributed by atoms with Crippen molar-refractivity contribution in [3.05, 3.63) is 30.3 Å². The Hall–Kier alpha value is -2.08. The molecule has 0 unspecified atom stereocenters. The summed E-state index contributed by atoms with van der Waals surface area (Å²) in [6.45, 7) is 4.77. The van der Waals surface area contributed by atoms with E-state index in [-0.39, 0.29) is 12.0 Å². The van der Waals surface area contributed by atoms with Crippen molar-refractivity contribution in [3.8, 4) is 12.0 Å². The molecule has 0 bridgehead atoms. The number of benzene rings is 1. The number of ether oxygens (including phenoxy) is 2. The minimum Gasteiger partial charge on any atom is -0.463 e. The van der Waals surface area contributed by atoms with Crippen LogP contribution in [0.3, 0.4) is 0 Å². The first-order valence-corrected chi connectivity index (χ1v) is 8.85. The molecule has 0 N–H and O–H groups in total. The van der Waals surface area contributed by atoms with Gasteiger partial charge in [-0.2, -0.15) is 0 Å². The lowest BCUT2D eigenvalue weighted by molar-refractivity contribution is -2.00. The number of hydrogen-bond donors (Lipinski definition) is 0. The van der Waals surface area contributed by atoms with Crippen molar-refractivity contribution >= 4 is 11.6 Å². The molecule has 11 heteroatoms. The van der Waals surface area contributed by atoms with Crippen LogP contribution >= 0.6 is 0 Å². The molecule has 0 spiro atoms. The largest absolute Gasteiger partial charge is 0.463 e. The maximum absolute atomic E-state index is 8.49. The Morgan fingerprint density at radius 3 is 1.65 bits per heavy atom. The number of rotatable bonds is 6. The van der Waals surface area contributed by atoms with Crippen molar-refractivity contribution in [1.82, 2.24) is 19.4 Å². The van der Waals surface area contributed by atoms with Crippen molar-refractivity contribution in [2.24, 2.45) is 0 Å². The van der Waals surface area contributed by atoms with Crippen LogP contribution < -0.4 is 32.6 Å². The fraction of sp³-hybridized carbons (Fsp3) is 0.400. The lowest BCUT2D eigenvalue weighted by atomic mass is 10.3. The summed E-state index contributed by atoms with van der Waals surface area (Å²) in [5.74, 6) is 0.572. The molecule has 0 radical (unpaired) electrons. The molecule has 2 rings (SSSR count). The van der Waals surface area contributed by atoms with Gasteiger partial charge < -0.3 is 9.47 Å². The van der Waals surface area contributed by atoms with Crippen LogP contribution in [-0.2, 0) is 0 Å². The minimum absolute atomic E-state index is 0.285. The molecule has 1 aromatic heterocycles. The summed E-state index contributed by atoms with van der Waals surface area (Å²) >= 11 is 0. The quantitative estimate of drug-likeness (QED) is 0.502. The van der Waals surface area contributed by atoms with Crippen LogP contribution in [0.25, 0.3) is 0 Å². The normalized spacial score (nSPS) is 11.4. The van der Waals surface area contributed by atoms with E-state index in [0.717, 1.165) is 5.69 Å². The van der Waals surface area contributed by atoms with E-state index in [0.29, 0.717) is 23.6 Å². The van der Waals surface area contributed by atoms with Gasteiger partial charge >= 0.3 is 18.0 Å². The van der Waals surface area contributed by atoms with Gasteiger partial charge in [0.15, 0.2) is 0 Å². The Balaban J connectivity index is 0.000000597. The second-order valence-corrected chi connectivity index (χ2v) is 5.99. The SMILES string of the molecule is CCOc1nc(OCC)nc([N+](C)(C)c2ccccc2)n1.[O-][Cl+3]([O-])([O-])[O-]. The molecule has 0 saturated carbocycles. The monoisotopic (exact) mass is 388 g/mol. The third-order valence-electron chi connectivity index (χ3n) is 3.03. The molecule has 0 saturated heterocycles. The van der Waals surface area contributed by atoms with E-state index in [1.165, 1.54) is 0 Å². The van der Waals surface area contributed by atoms with E-state index in [9.17, 15) is 0 Å². The van der Waals surface area contributed by atoms with Crippen LogP contribution in [0.1, 0.15) is 13.8 Å². The van der Waals surface area contributed by atoms with Gasteiger partial charge in [0.2, 0.25) is 0 Å². The summed E-state index contributed by atoms with van der Waals surface area (Å²) in [6, 6.07) is 10.6. The third-order valence-corrected chi connectivity index (χ3v) is 3.03. The average Bonchev–Trinajstić information content (AvgIpc) is 2.54. The van der Waals surface area contributed by atoms with Crippen molar-refractivity contribution in [2.45, 2.75) is 13.8 Å². The molecular formula is C15H21ClN4O6. The summed E-state index contributed by atoms with van der Waals surface area (Å²) in [5.41, 5.74) is 1.06. The number of para-hydroxylation sites is 1. The number of quaternary nitrogens is 1. The molecule has 10 nitrogen and oxygen atoms in total. The Labute approximate surface area is 153 Å². The predicted molar refractivity (Wildman–Crippen MR) is 81.9 cm³/mol. The molecule has 144 valence electrons. The van der Waals surface area contributed by atoms with Crippen LogP contribution in [0.4, 0.5) is 11.6 Å². The van der Waals surface area contributed by atoms with Gasteiger partial charge in [0.05, 0.1) is 27.3 Å². The van der Waals surface area contributed by atoms with E-state index in [2.05, 4.69) is 15.0 Å². The highest BCUT2D eigenvalue weighted by atomic mass is 35.7. The summed E-state index contributed by atoms with van der Waals surface area (Å²) in [6.07, 6.45) is 0. The first kappa shape index (κ1) is 22.0. The van der Waals surface area contributed by atoms with Crippen LogP contribution in [0.2, 0.25) is 0 Å². The Kier molecular flexibility index (Phi) is 8.08. The van der Waals surface area contributed by atoms with Gasteiger partial charge in [0.1, 0.15) is 5.69 Å². The fourth-order valence-corrected chi connectivity index (χ4v) is 1.88. The van der Waals surface area contributed by atoms with Gasteiger partial charge in [-0.25, -0.2) is 23.1 Å². The molecule has 0 aliphatic rings. The molecule has 2 aromatic rings. The number of halogens is 1. The summed E-state index contributed by atoms with van der Waals surface area (Å²) in [5, 5.41) is 0. The zero-order chi connectivity index (χ0) is 19.8. The maximum Gasteiger partial charge on any atom is 0.343 e. The standard InChI is InChI=1S/C15H21N4O2.ClHO4/c1-5-20-14-16-13(17-15(18-14)21-6-2)19(3,4)12-10-8-7-9-11-12;2-1(3,4)5/h7-11H,5-6H2,1-4H3;(H,2,3,4,5)/q+1;/p-1. The first-order chi connectivity index (χ1) is 12.1. The lowest BCUT2D eigenvalue weighted by Gasteiger charge is -2.26. The smallest absolute Gasteiger partial charge is 0.343 e. The van der Waals surface area contributed by atoms with Crippen LogP contribution in [0, 0.1) is 10.2 Å². The van der Waals surface area contributed by atoms with Gasteiger partial charge in [0, 0.05) is 0 Å². The minimum atomic E-state index is -4.94. The lowest BCUT2D eigenvalue weighted by Crippen LogP contribution is -2.68. The number of hydrogen-bond acceptors (Lipinski definition) is 9. The van der Waals surface area contributed by atoms with E-state index >= 15 is 0 Å². The van der Waals surface area contributed by atoms with Gasteiger partial charge in [-0.3, -0.25) is 0 Å². The predicted octanol–water partition coefficient (Wildman–Crippen LogP) is -2.19. The zero-order valence-electron chi connectivity index (χ0n) is 14.9. The second-order valence-electron chi connectivity index (χ2n) is 5.23. The fourth-order valence-electron chi connectivity index (χ4n) is 1.88. The van der Waals surface area contributed by atoms with Crippen LogP contribution in [-0.4, -0.2) is 42.3 Å². The molecule has 0 aliphatic carbocycles. The van der Waals surface area contributed by atoms with E-state index < -0.39 is 10.2 Å². The molecule has 26 heavy (non-hydrogen) atoms. The molecule has 0 aliphatic heterocycles. The van der Waals surface area contributed by atoms with E-state index in [1.54, 1.807) is 0 Å². The third kappa shape index (κ3) is 7.44. The number of aromatic nitrogens is 3. The first-order valence-electron chi connectivity index (χ1n) is 7.61. The van der Waals surface area contributed by atoms with Gasteiger partial charge in [-0.05, 0) is 26.0 Å². The highest BCUT2D eigenvalue weighted by molar-refractivity contribution is 5.50. The Bertz CT molecular complexity index is 651. The van der Waals surface area contributed by atoms with E-state index in [1.807, 2.05) is 58.3 Å². The Morgan fingerprint density at radius 1 is 0.846 bits per heavy atom. The number of nitrogens with zero attached hydrogens (tertiary/aromatic N) is 4. The summed E-state index contributed by atoms with van der Waals surface area (Å²) in [7, 11) is -0.924. The molecule has 1 aromatic carbocycles. The molecular weight excluding hydrogens is 368 g/mol. The highest BCUT2D eigenvalue weighted by Gasteiger charge is 2.28. The maximum atomic E-state index is 8.49. The topological polar surface area (TPSA) is 149 Å². The molecule has 0 atom stereocenters. The molecule has 0 amide bonds. The highest BCUT2D eigenvalue weighted by Crippen LogP contribution is 2.29. The van der Waals surface area contributed by atoms with Gasteiger partial charge in [-0.1, -0.05) is 18.2 Å². The Morgan fingerprint density at radius 2 is 1.27 bits per heavy atom. The van der Waals surface area contributed by atoms with Crippen molar-refractivity contribution < 1.29 is 38.4 Å². The van der Waals surface area contributed by atoms with E-state index in [4.69, 9.17) is 28.1 Å². The van der Waals surface area contributed by atoms with Crippen molar-refractivity contribution in [1.29, 1.82) is 0 Å². The van der Waals surface area contributed by atoms with Crippen molar-refractivity contribution in [3.63, 3.8) is 0 Å². The summed E-state index contributed by atoms with van der Waals surface area (Å²) < 4.78 is 45.2. The van der Waals surface area contributed by atoms with Gasteiger partial charge in [0.25, 0.3) is 0 Å². The molecule has 1 heterocycles.